The van der Waals surface area contributed by atoms with Crippen LogP contribution < -0.4 is 10.6 Å². The van der Waals surface area contributed by atoms with Crippen LogP contribution in [0.5, 0.6) is 0 Å². The van der Waals surface area contributed by atoms with Crippen LogP contribution >= 0.6 is 0 Å². The van der Waals surface area contributed by atoms with Crippen LogP contribution in [0, 0.1) is 5.82 Å². The molecule has 0 bridgehead atoms. The number of halogens is 1. The molecule has 2 N–H and O–H groups in total. The average Bonchev–Trinajstić information content (AvgIpc) is 2.93. The summed E-state index contributed by atoms with van der Waals surface area (Å²) < 4.78 is 18.6. The first-order chi connectivity index (χ1) is 13.5. The third kappa shape index (κ3) is 5.49. The molecule has 1 aromatic rings. The molecule has 1 atom stereocenters. The largest absolute Gasteiger partial charge is 0.379 e. The normalized spacial score (nSPS) is 20.3. The molecule has 0 unspecified atom stereocenters. The predicted octanol–water partition coefficient (Wildman–Crippen LogP) is 0.475. The van der Waals surface area contributed by atoms with Gasteiger partial charge < -0.3 is 15.4 Å². The first-order valence-corrected chi connectivity index (χ1v) is 9.46. The number of nitrogens with one attached hydrogen (secondary N) is 2. The van der Waals surface area contributed by atoms with Gasteiger partial charge in [-0.05, 0) is 30.7 Å². The van der Waals surface area contributed by atoms with E-state index in [2.05, 4.69) is 15.5 Å². The van der Waals surface area contributed by atoms with E-state index in [9.17, 15) is 18.8 Å². The van der Waals surface area contributed by atoms with Crippen LogP contribution in [0.15, 0.2) is 24.3 Å². The number of nitrogens with zero attached hydrogens (tertiary/aromatic N) is 2. The summed E-state index contributed by atoms with van der Waals surface area (Å²) in [6, 6.07) is 4.26. The van der Waals surface area contributed by atoms with Crippen molar-refractivity contribution in [1.29, 1.82) is 0 Å². The zero-order valence-corrected chi connectivity index (χ0v) is 15.7. The molecule has 8 nitrogen and oxygen atoms in total. The molecule has 2 aliphatic heterocycles. The second-order valence-electron chi connectivity index (χ2n) is 6.92. The summed E-state index contributed by atoms with van der Waals surface area (Å²) in [4.78, 5) is 39.9. The Labute approximate surface area is 163 Å². The van der Waals surface area contributed by atoms with E-state index in [1.165, 1.54) is 18.2 Å². The van der Waals surface area contributed by atoms with E-state index in [1.807, 2.05) is 0 Å². The van der Waals surface area contributed by atoms with E-state index in [4.69, 9.17) is 4.74 Å². The van der Waals surface area contributed by atoms with Gasteiger partial charge in [-0.25, -0.2) is 9.18 Å². The van der Waals surface area contributed by atoms with Gasteiger partial charge in [-0.2, -0.15) is 0 Å². The van der Waals surface area contributed by atoms with Crippen LogP contribution in [0.2, 0.25) is 0 Å². The Morgan fingerprint density at radius 1 is 1.29 bits per heavy atom. The maximum Gasteiger partial charge on any atom is 0.325 e. The van der Waals surface area contributed by atoms with Crippen LogP contribution in [0.25, 0.3) is 0 Å². The Hall–Kier alpha value is -2.52. The molecule has 1 aromatic carbocycles. The van der Waals surface area contributed by atoms with Gasteiger partial charge in [-0.3, -0.25) is 19.4 Å². The third-order valence-electron chi connectivity index (χ3n) is 4.80. The summed E-state index contributed by atoms with van der Waals surface area (Å²) in [5, 5.41) is 5.31. The highest BCUT2D eigenvalue weighted by atomic mass is 19.1. The molecule has 4 amide bonds. The van der Waals surface area contributed by atoms with Crippen LogP contribution in [0.3, 0.4) is 0 Å². The maximum absolute atomic E-state index is 13.3. The van der Waals surface area contributed by atoms with Crippen LogP contribution in [-0.4, -0.2) is 73.1 Å². The number of carbonyl (C=O) groups excluding carboxylic acids is 3. The van der Waals surface area contributed by atoms with E-state index in [0.29, 0.717) is 12.1 Å². The molecule has 0 saturated carbocycles. The number of imide groups is 1. The van der Waals surface area contributed by atoms with Gasteiger partial charge in [0.15, 0.2) is 0 Å². The van der Waals surface area contributed by atoms with Crippen molar-refractivity contribution in [2.45, 2.75) is 25.4 Å². The number of ether oxygens (including phenoxy) is 1. The molecular formula is C19H25FN4O4. The SMILES string of the molecule is O=C(C[C@H]1NC(=O)N(Cc2cccc(F)c2)C1=O)NCCCN1CCOCC1. The second-order valence-corrected chi connectivity index (χ2v) is 6.92. The first kappa shape index (κ1) is 20.2. The Bertz CT molecular complexity index is 724. The minimum atomic E-state index is -0.889. The van der Waals surface area contributed by atoms with Crippen molar-refractivity contribution in [1.82, 2.24) is 20.4 Å². The monoisotopic (exact) mass is 392 g/mol. The molecule has 0 spiro atoms. The van der Waals surface area contributed by atoms with Gasteiger partial charge in [0.05, 0.1) is 26.2 Å². The molecule has 0 radical (unpaired) electrons. The highest BCUT2D eigenvalue weighted by molar-refractivity contribution is 6.05. The van der Waals surface area contributed by atoms with Gasteiger partial charge in [0.1, 0.15) is 11.9 Å². The summed E-state index contributed by atoms with van der Waals surface area (Å²) in [6.07, 6.45) is 0.699. The lowest BCUT2D eigenvalue weighted by Crippen LogP contribution is -2.39. The molecule has 0 aliphatic carbocycles. The Kier molecular flexibility index (Phi) is 6.94. The maximum atomic E-state index is 13.3. The smallest absolute Gasteiger partial charge is 0.325 e. The van der Waals surface area contributed by atoms with E-state index >= 15 is 0 Å². The standard InChI is InChI=1S/C19H25FN4O4/c20-15-4-1-3-14(11-15)13-24-18(26)16(22-19(24)27)12-17(25)21-5-2-6-23-7-9-28-10-8-23/h1,3-4,11,16H,2,5-10,12-13H2,(H,21,25)(H,22,27)/t16-/m1/s1. The number of rotatable bonds is 8. The molecule has 3 rings (SSSR count). The Morgan fingerprint density at radius 2 is 2.07 bits per heavy atom. The average molecular weight is 392 g/mol. The highest BCUT2D eigenvalue weighted by Gasteiger charge is 2.38. The Morgan fingerprint density at radius 3 is 2.82 bits per heavy atom. The lowest BCUT2D eigenvalue weighted by atomic mass is 10.1. The lowest BCUT2D eigenvalue weighted by molar-refractivity contribution is -0.131. The van der Waals surface area contributed by atoms with Gasteiger partial charge in [0.25, 0.3) is 5.91 Å². The van der Waals surface area contributed by atoms with Crippen molar-refractivity contribution in [2.24, 2.45) is 0 Å². The lowest BCUT2D eigenvalue weighted by Gasteiger charge is -2.26. The summed E-state index contributed by atoms with van der Waals surface area (Å²) in [5.41, 5.74) is 0.511. The molecule has 2 heterocycles. The summed E-state index contributed by atoms with van der Waals surface area (Å²) in [5.74, 6) is -1.19. The van der Waals surface area contributed by atoms with Gasteiger partial charge >= 0.3 is 6.03 Å². The molecule has 2 fully saturated rings. The molecule has 2 saturated heterocycles. The number of benzene rings is 1. The Balaban J connectivity index is 1.40. The van der Waals surface area contributed by atoms with Crippen molar-refractivity contribution in [3.63, 3.8) is 0 Å². The van der Waals surface area contributed by atoms with Gasteiger partial charge in [0, 0.05) is 19.6 Å². The number of amides is 4. The zero-order chi connectivity index (χ0) is 19.9. The number of morpholine rings is 1. The molecule has 9 heteroatoms. The molecule has 2 aliphatic rings. The van der Waals surface area contributed by atoms with Crippen LogP contribution in [0.1, 0.15) is 18.4 Å². The quantitative estimate of drug-likeness (QED) is 0.496. The van der Waals surface area contributed by atoms with Crippen molar-refractivity contribution in [3.05, 3.63) is 35.6 Å². The fraction of sp³-hybridized carbons (Fsp3) is 0.526. The fourth-order valence-corrected chi connectivity index (χ4v) is 3.30. The highest BCUT2D eigenvalue weighted by Crippen LogP contribution is 2.14. The number of hydrogen-bond donors (Lipinski definition) is 2. The van der Waals surface area contributed by atoms with E-state index < -0.39 is 23.8 Å². The second kappa shape index (κ2) is 9.61. The number of carbonyl (C=O) groups is 3. The van der Waals surface area contributed by atoms with Gasteiger partial charge in [-0.1, -0.05) is 12.1 Å². The summed E-state index contributed by atoms with van der Waals surface area (Å²) in [7, 11) is 0. The predicted molar refractivity (Wildman–Crippen MR) is 98.8 cm³/mol. The number of hydrogen-bond acceptors (Lipinski definition) is 5. The number of urea groups is 1. The minimum absolute atomic E-state index is 0.0277. The third-order valence-corrected chi connectivity index (χ3v) is 4.80. The van der Waals surface area contributed by atoms with Gasteiger partial charge in [-0.15, -0.1) is 0 Å². The summed E-state index contributed by atoms with van der Waals surface area (Å²) >= 11 is 0. The molecule has 152 valence electrons. The van der Waals surface area contributed by atoms with E-state index in [-0.39, 0.29) is 18.9 Å². The van der Waals surface area contributed by atoms with Gasteiger partial charge in [0.2, 0.25) is 5.91 Å². The zero-order valence-electron chi connectivity index (χ0n) is 15.7. The van der Waals surface area contributed by atoms with E-state index in [0.717, 1.165) is 44.2 Å². The van der Waals surface area contributed by atoms with Crippen molar-refractivity contribution in [3.8, 4) is 0 Å². The molecular weight excluding hydrogens is 367 g/mol. The minimum Gasteiger partial charge on any atom is -0.379 e. The molecule has 28 heavy (non-hydrogen) atoms. The fourth-order valence-electron chi connectivity index (χ4n) is 3.30. The van der Waals surface area contributed by atoms with E-state index in [1.54, 1.807) is 6.07 Å². The topological polar surface area (TPSA) is 91.0 Å². The van der Waals surface area contributed by atoms with Crippen LogP contribution in [-0.2, 0) is 20.9 Å². The first-order valence-electron chi connectivity index (χ1n) is 9.46. The molecule has 0 aromatic heterocycles. The van der Waals surface area contributed by atoms with Crippen molar-refractivity contribution >= 4 is 17.8 Å². The van der Waals surface area contributed by atoms with Crippen molar-refractivity contribution in [2.75, 3.05) is 39.4 Å². The van der Waals surface area contributed by atoms with Crippen molar-refractivity contribution < 1.29 is 23.5 Å². The summed E-state index contributed by atoms with van der Waals surface area (Å²) in [6.45, 7) is 4.64. The van der Waals surface area contributed by atoms with Crippen LogP contribution in [0.4, 0.5) is 9.18 Å².